The van der Waals surface area contributed by atoms with Crippen LogP contribution in [0.25, 0.3) is 10.9 Å². The number of rotatable bonds is 2. The summed E-state index contributed by atoms with van der Waals surface area (Å²) in [5.41, 5.74) is 3.08. The highest BCUT2D eigenvalue weighted by atomic mass is 16.1. The number of carbonyl (C=O) groups is 1. The Morgan fingerprint density at radius 2 is 2.07 bits per heavy atom. The molecule has 1 aliphatic carbocycles. The van der Waals surface area contributed by atoms with Crippen molar-refractivity contribution in [2.24, 2.45) is 0 Å². The average Bonchev–Trinajstić information content (AvgIpc) is 2.99. The smallest absolute Gasteiger partial charge is 0.152 e. The van der Waals surface area contributed by atoms with E-state index < -0.39 is 0 Å². The first kappa shape index (κ1) is 7.80. The van der Waals surface area contributed by atoms with Gasteiger partial charge in [-0.05, 0) is 24.8 Å². The number of carbonyl (C=O) groups excluding carboxylic acids is 1. The molecule has 1 heterocycles. The molecule has 14 heavy (non-hydrogen) atoms. The molecule has 1 saturated carbocycles. The van der Waals surface area contributed by atoms with E-state index in [1.54, 1.807) is 0 Å². The van der Waals surface area contributed by atoms with Crippen LogP contribution in [-0.2, 0) is 0 Å². The predicted octanol–water partition coefficient (Wildman–Crippen LogP) is 2.86. The van der Waals surface area contributed by atoms with Crippen LogP contribution in [0.3, 0.4) is 0 Å². The van der Waals surface area contributed by atoms with Gasteiger partial charge in [0.05, 0.1) is 0 Å². The second-order valence-electron chi connectivity index (χ2n) is 3.89. The molecule has 0 bridgehead atoms. The molecule has 3 rings (SSSR count). The normalized spacial score (nSPS) is 16.0. The van der Waals surface area contributed by atoms with Gasteiger partial charge in [0.25, 0.3) is 0 Å². The summed E-state index contributed by atoms with van der Waals surface area (Å²) in [5, 5.41) is 1.06. The Kier molecular flexibility index (Phi) is 1.51. The molecule has 1 aromatic carbocycles. The molecule has 2 heteroatoms. The van der Waals surface area contributed by atoms with Gasteiger partial charge in [0.1, 0.15) is 0 Å². The van der Waals surface area contributed by atoms with Gasteiger partial charge in [-0.1, -0.05) is 18.2 Å². The van der Waals surface area contributed by atoms with E-state index in [1.165, 1.54) is 12.8 Å². The first-order valence-electron chi connectivity index (χ1n) is 4.96. The third kappa shape index (κ3) is 1.00. The minimum atomic E-state index is 0.600. The quantitative estimate of drug-likeness (QED) is 0.717. The van der Waals surface area contributed by atoms with Gasteiger partial charge >= 0.3 is 0 Å². The number of aromatic nitrogens is 1. The molecule has 0 spiro atoms. The van der Waals surface area contributed by atoms with Crippen LogP contribution in [-0.4, -0.2) is 11.3 Å². The van der Waals surface area contributed by atoms with Crippen molar-refractivity contribution in [1.29, 1.82) is 0 Å². The number of benzene rings is 1. The molecular weight excluding hydrogens is 174 g/mol. The molecule has 1 N–H and O–H groups in total. The summed E-state index contributed by atoms with van der Waals surface area (Å²) < 4.78 is 0. The van der Waals surface area contributed by atoms with E-state index in [0.717, 1.165) is 28.4 Å². The standard InChI is InChI=1S/C12H11NO/c14-7-10-9-3-1-2-4-11(9)13-12(10)8-5-6-8/h1-4,7-8,13H,5-6H2. The van der Waals surface area contributed by atoms with Crippen molar-refractivity contribution in [1.82, 2.24) is 4.98 Å². The van der Waals surface area contributed by atoms with Gasteiger partial charge in [-0.15, -0.1) is 0 Å². The number of para-hydroxylation sites is 1. The maximum Gasteiger partial charge on any atom is 0.152 e. The highest BCUT2D eigenvalue weighted by molar-refractivity contribution is 5.99. The number of hydrogen-bond donors (Lipinski definition) is 1. The number of aldehydes is 1. The molecule has 0 atom stereocenters. The first-order valence-corrected chi connectivity index (χ1v) is 4.96. The first-order chi connectivity index (χ1) is 6.90. The van der Waals surface area contributed by atoms with Gasteiger partial charge in [0.2, 0.25) is 0 Å². The maximum absolute atomic E-state index is 11.0. The fraction of sp³-hybridized carbons (Fsp3) is 0.250. The largest absolute Gasteiger partial charge is 0.358 e. The van der Waals surface area contributed by atoms with Gasteiger partial charge in [-0.25, -0.2) is 0 Å². The molecule has 0 saturated heterocycles. The lowest BCUT2D eigenvalue weighted by Crippen LogP contribution is -1.85. The number of nitrogens with one attached hydrogen (secondary N) is 1. The van der Waals surface area contributed by atoms with Crippen LogP contribution < -0.4 is 0 Å². The monoisotopic (exact) mass is 185 g/mol. The molecule has 2 nitrogen and oxygen atoms in total. The molecule has 0 unspecified atom stereocenters. The summed E-state index contributed by atoms with van der Waals surface area (Å²) in [7, 11) is 0. The van der Waals surface area contributed by atoms with Gasteiger partial charge in [-0.3, -0.25) is 4.79 Å². The van der Waals surface area contributed by atoms with Crippen molar-refractivity contribution in [2.45, 2.75) is 18.8 Å². The van der Waals surface area contributed by atoms with Crippen molar-refractivity contribution in [3.63, 3.8) is 0 Å². The summed E-state index contributed by atoms with van der Waals surface area (Å²) in [4.78, 5) is 14.4. The van der Waals surface area contributed by atoms with E-state index in [-0.39, 0.29) is 0 Å². The maximum atomic E-state index is 11.0. The van der Waals surface area contributed by atoms with Crippen molar-refractivity contribution < 1.29 is 4.79 Å². The minimum Gasteiger partial charge on any atom is -0.358 e. The van der Waals surface area contributed by atoms with Crippen LogP contribution in [0.2, 0.25) is 0 Å². The van der Waals surface area contributed by atoms with Crippen molar-refractivity contribution in [2.75, 3.05) is 0 Å². The molecule has 0 aliphatic heterocycles. The van der Waals surface area contributed by atoms with Gasteiger partial charge < -0.3 is 4.98 Å². The van der Waals surface area contributed by atoms with Crippen LogP contribution in [0, 0.1) is 0 Å². The van der Waals surface area contributed by atoms with Crippen LogP contribution >= 0.6 is 0 Å². The minimum absolute atomic E-state index is 0.600. The Balaban J connectivity index is 2.33. The topological polar surface area (TPSA) is 32.9 Å². The van der Waals surface area contributed by atoms with Crippen LogP contribution in [0.4, 0.5) is 0 Å². The highest BCUT2D eigenvalue weighted by Crippen LogP contribution is 2.42. The summed E-state index contributed by atoms with van der Waals surface area (Å²) >= 11 is 0. The Morgan fingerprint density at radius 3 is 2.79 bits per heavy atom. The number of fused-ring (bicyclic) bond motifs is 1. The molecular formula is C12H11NO. The van der Waals surface area contributed by atoms with Crippen LogP contribution in [0.5, 0.6) is 0 Å². The van der Waals surface area contributed by atoms with Crippen LogP contribution in [0.15, 0.2) is 24.3 Å². The second-order valence-corrected chi connectivity index (χ2v) is 3.89. The zero-order valence-corrected chi connectivity index (χ0v) is 7.79. The molecule has 70 valence electrons. The zero-order chi connectivity index (χ0) is 9.54. The van der Waals surface area contributed by atoms with E-state index in [1.807, 2.05) is 24.3 Å². The molecule has 2 aromatic rings. The summed E-state index contributed by atoms with van der Waals surface area (Å²) in [6.45, 7) is 0. The van der Waals surface area contributed by atoms with Crippen LogP contribution in [0.1, 0.15) is 34.8 Å². The van der Waals surface area contributed by atoms with Crippen molar-refractivity contribution in [3.8, 4) is 0 Å². The van der Waals surface area contributed by atoms with Gasteiger partial charge in [-0.2, -0.15) is 0 Å². The lowest BCUT2D eigenvalue weighted by atomic mass is 10.1. The van der Waals surface area contributed by atoms with Gasteiger partial charge in [0, 0.05) is 22.2 Å². The van der Waals surface area contributed by atoms with Crippen molar-refractivity contribution in [3.05, 3.63) is 35.5 Å². The second kappa shape index (κ2) is 2.71. The summed E-state index contributed by atoms with van der Waals surface area (Å²) in [5.74, 6) is 0.600. The average molecular weight is 185 g/mol. The fourth-order valence-corrected chi connectivity index (χ4v) is 2.01. The SMILES string of the molecule is O=Cc1c(C2CC2)[nH]c2ccccc12. The number of hydrogen-bond acceptors (Lipinski definition) is 1. The zero-order valence-electron chi connectivity index (χ0n) is 7.79. The van der Waals surface area contributed by atoms with E-state index in [4.69, 9.17) is 0 Å². The Hall–Kier alpha value is -1.57. The molecule has 0 amide bonds. The Labute approximate surface area is 81.9 Å². The third-order valence-corrected chi connectivity index (χ3v) is 2.88. The highest BCUT2D eigenvalue weighted by Gasteiger charge is 2.28. The summed E-state index contributed by atoms with van der Waals surface area (Å²) in [6, 6.07) is 7.99. The number of H-pyrrole nitrogens is 1. The molecule has 0 radical (unpaired) electrons. The summed E-state index contributed by atoms with van der Waals surface area (Å²) in [6.07, 6.45) is 3.41. The predicted molar refractivity (Wildman–Crippen MR) is 55.7 cm³/mol. The van der Waals surface area contributed by atoms with E-state index in [9.17, 15) is 4.79 Å². The lowest BCUT2D eigenvalue weighted by Gasteiger charge is -1.92. The van der Waals surface area contributed by atoms with E-state index in [2.05, 4.69) is 4.98 Å². The molecule has 1 aliphatic rings. The fourth-order valence-electron chi connectivity index (χ4n) is 2.01. The van der Waals surface area contributed by atoms with E-state index in [0.29, 0.717) is 5.92 Å². The molecule has 1 fully saturated rings. The Bertz CT molecular complexity index is 494. The Morgan fingerprint density at radius 1 is 1.29 bits per heavy atom. The number of aromatic amines is 1. The molecule has 1 aromatic heterocycles. The van der Waals surface area contributed by atoms with Crippen molar-refractivity contribution >= 4 is 17.2 Å². The van der Waals surface area contributed by atoms with E-state index >= 15 is 0 Å². The third-order valence-electron chi connectivity index (χ3n) is 2.88. The van der Waals surface area contributed by atoms with Gasteiger partial charge in [0.15, 0.2) is 6.29 Å². The lowest BCUT2D eigenvalue weighted by molar-refractivity contribution is 0.112.